The normalized spacial score (nSPS) is 26.6. The zero-order valence-electron chi connectivity index (χ0n) is 11.9. The molecule has 0 aliphatic carbocycles. The second-order valence-electron chi connectivity index (χ2n) is 5.51. The van der Waals surface area contributed by atoms with Gasteiger partial charge < -0.3 is 10.1 Å². The van der Waals surface area contributed by atoms with E-state index < -0.39 is 10.0 Å². The van der Waals surface area contributed by atoms with Crippen molar-refractivity contribution < 1.29 is 13.2 Å². The van der Waals surface area contributed by atoms with Gasteiger partial charge in [0, 0.05) is 24.7 Å². The van der Waals surface area contributed by atoms with E-state index in [0.29, 0.717) is 12.3 Å². The van der Waals surface area contributed by atoms with E-state index in [1.54, 1.807) is 16.4 Å². The van der Waals surface area contributed by atoms with Crippen molar-refractivity contribution in [2.24, 2.45) is 0 Å². The summed E-state index contributed by atoms with van der Waals surface area (Å²) in [6.07, 6.45) is 2.67. The third-order valence-corrected chi connectivity index (χ3v) is 6.77. The predicted molar refractivity (Wildman–Crippen MR) is 81.3 cm³/mol. The number of hydrogen-bond acceptors (Lipinski definition) is 4. The highest BCUT2D eigenvalue weighted by molar-refractivity contribution is 7.89. The molecule has 2 unspecified atom stereocenters. The maximum atomic E-state index is 13.0. The molecule has 0 amide bonds. The van der Waals surface area contributed by atoms with Gasteiger partial charge >= 0.3 is 0 Å². The zero-order valence-corrected chi connectivity index (χ0v) is 13.5. The predicted octanol–water partition coefficient (Wildman–Crippen LogP) is 1.86. The number of methoxy groups -OCH3 is 1. The van der Waals surface area contributed by atoms with Gasteiger partial charge in [-0.15, -0.1) is 0 Å². The van der Waals surface area contributed by atoms with Crippen LogP contribution in [0.5, 0.6) is 5.75 Å². The van der Waals surface area contributed by atoms with Crippen molar-refractivity contribution in [3.63, 3.8) is 0 Å². The molecule has 0 saturated carbocycles. The summed E-state index contributed by atoms with van der Waals surface area (Å²) < 4.78 is 32.9. The molecule has 21 heavy (non-hydrogen) atoms. The van der Waals surface area contributed by atoms with Crippen LogP contribution in [0.2, 0.25) is 5.02 Å². The van der Waals surface area contributed by atoms with Gasteiger partial charge in [0.25, 0.3) is 0 Å². The smallest absolute Gasteiger partial charge is 0.245 e. The Labute approximate surface area is 130 Å². The van der Waals surface area contributed by atoms with Crippen molar-refractivity contribution in [3.05, 3.63) is 23.2 Å². The number of hydrogen-bond donors (Lipinski definition) is 1. The Kier molecular flexibility index (Phi) is 4.14. The lowest BCUT2D eigenvalue weighted by molar-refractivity contribution is 0.334. The van der Waals surface area contributed by atoms with Crippen LogP contribution in [0.25, 0.3) is 0 Å². The van der Waals surface area contributed by atoms with E-state index in [0.717, 1.165) is 25.8 Å². The fourth-order valence-electron chi connectivity index (χ4n) is 3.25. The average molecular weight is 331 g/mol. The Morgan fingerprint density at radius 2 is 2.05 bits per heavy atom. The maximum absolute atomic E-state index is 13.0. The number of nitrogens with zero attached hydrogens (tertiary/aromatic N) is 1. The van der Waals surface area contributed by atoms with E-state index in [1.807, 2.05) is 0 Å². The molecule has 2 bridgehead atoms. The van der Waals surface area contributed by atoms with Gasteiger partial charge in [-0.2, -0.15) is 4.31 Å². The minimum absolute atomic E-state index is 0.0183. The third-order valence-electron chi connectivity index (χ3n) is 4.28. The van der Waals surface area contributed by atoms with Crippen LogP contribution < -0.4 is 10.1 Å². The summed E-state index contributed by atoms with van der Waals surface area (Å²) in [6, 6.07) is 4.84. The fourth-order valence-corrected chi connectivity index (χ4v) is 5.65. The number of halogens is 1. The molecule has 2 aliphatic heterocycles. The Hall–Kier alpha value is -0.820. The summed E-state index contributed by atoms with van der Waals surface area (Å²) in [5, 5.41) is 3.55. The highest BCUT2D eigenvalue weighted by atomic mass is 35.5. The van der Waals surface area contributed by atoms with E-state index in [4.69, 9.17) is 16.3 Å². The van der Waals surface area contributed by atoms with Gasteiger partial charge in [0.2, 0.25) is 10.0 Å². The summed E-state index contributed by atoms with van der Waals surface area (Å²) in [5.74, 6) is 0.498. The minimum atomic E-state index is -3.60. The molecular weight excluding hydrogens is 312 g/mol. The lowest BCUT2D eigenvalue weighted by atomic mass is 10.1. The van der Waals surface area contributed by atoms with Crippen molar-refractivity contribution in [2.75, 3.05) is 20.2 Å². The molecule has 2 aliphatic rings. The summed E-state index contributed by atoms with van der Waals surface area (Å²) in [4.78, 5) is 0.141. The fraction of sp³-hybridized carbons (Fsp3) is 0.571. The molecule has 2 saturated heterocycles. The summed E-state index contributed by atoms with van der Waals surface area (Å²) in [7, 11) is -2.09. The highest BCUT2D eigenvalue weighted by Gasteiger charge is 2.43. The Morgan fingerprint density at radius 1 is 1.29 bits per heavy atom. The first-order chi connectivity index (χ1) is 10.0. The van der Waals surface area contributed by atoms with Crippen LogP contribution >= 0.6 is 11.6 Å². The number of rotatable bonds is 3. The minimum Gasteiger partial charge on any atom is -0.497 e. The van der Waals surface area contributed by atoms with Crippen LogP contribution in [0.3, 0.4) is 0 Å². The van der Waals surface area contributed by atoms with Crippen molar-refractivity contribution in [2.45, 2.75) is 36.2 Å². The van der Waals surface area contributed by atoms with E-state index in [-0.39, 0.29) is 22.0 Å². The van der Waals surface area contributed by atoms with E-state index >= 15 is 0 Å². The molecule has 0 spiro atoms. The van der Waals surface area contributed by atoms with Gasteiger partial charge in [-0.1, -0.05) is 11.6 Å². The van der Waals surface area contributed by atoms with Gasteiger partial charge in [0.15, 0.2) is 0 Å². The van der Waals surface area contributed by atoms with Gasteiger partial charge in [-0.05, 0) is 37.9 Å². The lowest BCUT2D eigenvalue weighted by Gasteiger charge is -2.27. The number of nitrogens with one attached hydrogen (secondary N) is 1. The van der Waals surface area contributed by atoms with Gasteiger partial charge in [0.05, 0.1) is 12.1 Å². The molecule has 2 heterocycles. The average Bonchev–Trinajstić information content (AvgIpc) is 2.73. The third kappa shape index (κ3) is 2.65. The first-order valence-corrected chi connectivity index (χ1v) is 8.93. The molecular formula is C14H19ClN2O3S. The van der Waals surface area contributed by atoms with E-state index in [9.17, 15) is 8.42 Å². The van der Waals surface area contributed by atoms with Crippen LogP contribution in [0.15, 0.2) is 23.1 Å². The van der Waals surface area contributed by atoms with Crippen molar-refractivity contribution >= 4 is 21.6 Å². The van der Waals surface area contributed by atoms with E-state index in [1.165, 1.54) is 13.2 Å². The summed E-state index contributed by atoms with van der Waals surface area (Å²) in [5.41, 5.74) is 0. The molecule has 1 N–H and O–H groups in total. The van der Waals surface area contributed by atoms with Crippen LogP contribution in [0.4, 0.5) is 0 Å². The number of fused-ring (bicyclic) bond motifs is 2. The molecule has 116 valence electrons. The monoisotopic (exact) mass is 330 g/mol. The first-order valence-electron chi connectivity index (χ1n) is 7.12. The standard InChI is InChI=1S/C14H19ClN2O3S/c1-20-12-4-5-13(15)14(8-12)21(18,19)17-10-2-3-11(17)9-16-7-6-10/h4-5,8,10-11,16H,2-3,6-7,9H2,1H3. The second kappa shape index (κ2) is 5.76. The highest BCUT2D eigenvalue weighted by Crippen LogP contribution is 2.36. The van der Waals surface area contributed by atoms with Gasteiger partial charge in [0.1, 0.15) is 10.6 Å². The topological polar surface area (TPSA) is 58.6 Å². The molecule has 3 rings (SSSR count). The van der Waals surface area contributed by atoms with Crippen LogP contribution in [0.1, 0.15) is 19.3 Å². The van der Waals surface area contributed by atoms with Crippen LogP contribution in [-0.4, -0.2) is 45.0 Å². The Balaban J connectivity index is 2.04. The molecule has 0 radical (unpaired) electrons. The quantitative estimate of drug-likeness (QED) is 0.919. The SMILES string of the molecule is COc1ccc(Cl)c(S(=O)(=O)N2C3CCNCC2CC3)c1. The van der Waals surface area contributed by atoms with Crippen LogP contribution in [0, 0.1) is 0 Å². The second-order valence-corrected chi connectivity index (χ2v) is 7.73. The van der Waals surface area contributed by atoms with Crippen molar-refractivity contribution in [1.29, 1.82) is 0 Å². The van der Waals surface area contributed by atoms with Crippen molar-refractivity contribution in [3.8, 4) is 5.75 Å². The number of ether oxygens (including phenoxy) is 1. The largest absolute Gasteiger partial charge is 0.497 e. The molecule has 2 atom stereocenters. The summed E-state index contributed by atoms with van der Waals surface area (Å²) >= 11 is 6.14. The van der Waals surface area contributed by atoms with Crippen molar-refractivity contribution in [1.82, 2.24) is 9.62 Å². The number of sulfonamides is 1. The molecule has 2 fully saturated rings. The summed E-state index contributed by atoms with van der Waals surface area (Å²) in [6.45, 7) is 1.57. The zero-order chi connectivity index (χ0) is 15.0. The van der Waals surface area contributed by atoms with Crippen LogP contribution in [-0.2, 0) is 10.0 Å². The van der Waals surface area contributed by atoms with Gasteiger partial charge in [-0.3, -0.25) is 0 Å². The first kappa shape index (κ1) is 15.1. The van der Waals surface area contributed by atoms with E-state index in [2.05, 4.69) is 5.32 Å². The number of benzene rings is 1. The molecule has 0 aromatic heterocycles. The Morgan fingerprint density at radius 3 is 2.81 bits per heavy atom. The molecule has 1 aromatic carbocycles. The molecule has 7 heteroatoms. The Bertz CT molecular complexity index is 621. The van der Waals surface area contributed by atoms with Gasteiger partial charge in [-0.25, -0.2) is 8.42 Å². The maximum Gasteiger partial charge on any atom is 0.245 e. The molecule has 1 aromatic rings. The lowest BCUT2D eigenvalue weighted by Crippen LogP contribution is -2.42. The molecule has 5 nitrogen and oxygen atoms in total.